The van der Waals surface area contributed by atoms with Gasteiger partial charge >= 0.3 is 0 Å². The molecule has 0 fully saturated rings. The zero-order chi connectivity index (χ0) is 27.6. The van der Waals surface area contributed by atoms with E-state index in [9.17, 15) is 9.90 Å². The van der Waals surface area contributed by atoms with Gasteiger partial charge in [0.05, 0.1) is 5.39 Å². The number of pyridine rings is 1. The monoisotopic (exact) mass is 534 g/mol. The molecule has 0 spiro atoms. The minimum Gasteiger partial charge on any atom is -0.491 e. The normalized spacial score (nSPS) is 12.1. The first-order valence-electron chi connectivity index (χ1n) is 13.7. The topological polar surface area (TPSA) is 75.8 Å². The maximum Gasteiger partial charge on any atom is 0.193 e. The number of hydrogen-bond donors (Lipinski definition) is 1. The van der Waals surface area contributed by atoms with Crippen LogP contribution in [0.1, 0.15) is 24.0 Å². The average molecular weight is 535 g/mol. The highest BCUT2D eigenvalue weighted by atomic mass is 16.5. The number of aliphatic hydroxyl groups excluding tert-OH is 1. The molecule has 1 unspecified atom stereocenters. The zero-order valence-corrected chi connectivity index (χ0v) is 22.5. The van der Waals surface area contributed by atoms with Crippen LogP contribution in [-0.2, 0) is 13.0 Å². The zero-order valence-electron chi connectivity index (χ0n) is 22.5. The largest absolute Gasteiger partial charge is 0.491 e. The molecule has 0 saturated heterocycles. The molecule has 6 heteroatoms. The van der Waals surface area contributed by atoms with E-state index in [1.165, 1.54) is 17.2 Å². The Bertz CT molecular complexity index is 1540. The van der Waals surface area contributed by atoms with Gasteiger partial charge in [-0.15, -0.1) is 0 Å². The average Bonchev–Trinajstić information content (AvgIpc) is 2.99. The van der Waals surface area contributed by atoms with Gasteiger partial charge in [-0.1, -0.05) is 66.7 Å². The van der Waals surface area contributed by atoms with E-state index < -0.39 is 6.10 Å². The van der Waals surface area contributed by atoms with Gasteiger partial charge in [-0.2, -0.15) is 0 Å². The number of aryl methyl sites for hydroxylation is 1. The fraction of sp³-hybridized carbons (Fsp3) is 0.235. The molecule has 1 N–H and O–H groups in total. The van der Waals surface area contributed by atoms with Gasteiger partial charge in [0.25, 0.3) is 0 Å². The van der Waals surface area contributed by atoms with Crippen molar-refractivity contribution >= 4 is 11.0 Å². The number of ether oxygens (including phenoxy) is 1. The van der Waals surface area contributed by atoms with Crippen LogP contribution in [-0.4, -0.2) is 40.8 Å². The summed E-state index contributed by atoms with van der Waals surface area (Å²) in [4.78, 5) is 19.1. The van der Waals surface area contributed by atoms with Gasteiger partial charge in [0.1, 0.15) is 29.8 Å². The van der Waals surface area contributed by atoms with Crippen LogP contribution in [0.3, 0.4) is 0 Å². The molecule has 0 bridgehead atoms. The summed E-state index contributed by atoms with van der Waals surface area (Å²) >= 11 is 0. The van der Waals surface area contributed by atoms with Gasteiger partial charge < -0.3 is 14.3 Å². The summed E-state index contributed by atoms with van der Waals surface area (Å²) < 4.78 is 12.0. The maximum absolute atomic E-state index is 12.7. The fourth-order valence-corrected chi connectivity index (χ4v) is 4.80. The number of hydrogen-bond acceptors (Lipinski definition) is 6. The quantitative estimate of drug-likeness (QED) is 0.184. The molecule has 3 aromatic carbocycles. The summed E-state index contributed by atoms with van der Waals surface area (Å²) in [7, 11) is 0. The molecule has 5 rings (SSSR count). The number of aliphatic hydroxyl groups is 1. The summed E-state index contributed by atoms with van der Waals surface area (Å²) in [5.41, 5.74) is 3.64. The fourth-order valence-electron chi connectivity index (χ4n) is 4.80. The van der Waals surface area contributed by atoms with E-state index in [1.54, 1.807) is 24.4 Å². The summed E-state index contributed by atoms with van der Waals surface area (Å²) in [6.45, 7) is 2.25. The lowest BCUT2D eigenvalue weighted by atomic mass is 10.1. The summed E-state index contributed by atoms with van der Waals surface area (Å²) in [5, 5.41) is 11.4. The number of unbranched alkanes of at least 4 members (excludes halogenated alkanes) is 1. The molecule has 204 valence electrons. The third-order valence-electron chi connectivity index (χ3n) is 6.83. The molecule has 0 aliphatic carbocycles. The van der Waals surface area contributed by atoms with Crippen LogP contribution in [0.4, 0.5) is 0 Å². The van der Waals surface area contributed by atoms with E-state index in [0.29, 0.717) is 29.0 Å². The first-order valence-corrected chi connectivity index (χ1v) is 13.7. The van der Waals surface area contributed by atoms with Gasteiger partial charge in [0, 0.05) is 43.2 Å². The third kappa shape index (κ3) is 7.65. The van der Waals surface area contributed by atoms with Crippen molar-refractivity contribution in [3.8, 4) is 17.1 Å². The molecule has 40 heavy (non-hydrogen) atoms. The van der Waals surface area contributed by atoms with E-state index >= 15 is 0 Å². The highest BCUT2D eigenvalue weighted by molar-refractivity contribution is 5.80. The molecule has 6 nitrogen and oxygen atoms in total. The van der Waals surface area contributed by atoms with Crippen molar-refractivity contribution in [2.45, 2.75) is 31.9 Å². The Morgan fingerprint density at radius 2 is 1.65 bits per heavy atom. The highest BCUT2D eigenvalue weighted by Gasteiger charge is 2.14. The van der Waals surface area contributed by atoms with Gasteiger partial charge in [-0.25, -0.2) is 0 Å². The molecule has 0 saturated carbocycles. The first-order chi connectivity index (χ1) is 19.6. The standard InChI is InChI=1S/C34H34N2O4/c37-29(24-36(23-27-11-3-1-4-12-27)19-8-7-10-26-13-9-18-35-22-26)25-39-30-16-17-31-32(38)21-33(40-34(31)20-30)28-14-5-2-6-15-28/h1-6,9,11-18,20-22,29,37H,7-8,10,19,23-25H2. The molecule has 5 aromatic rings. The Morgan fingerprint density at radius 1 is 0.875 bits per heavy atom. The molecule has 1 atom stereocenters. The first kappa shape index (κ1) is 27.3. The highest BCUT2D eigenvalue weighted by Crippen LogP contribution is 2.25. The van der Waals surface area contributed by atoms with Crippen molar-refractivity contribution in [2.75, 3.05) is 19.7 Å². The van der Waals surface area contributed by atoms with Crippen molar-refractivity contribution in [3.63, 3.8) is 0 Å². The second-order valence-corrected chi connectivity index (χ2v) is 10.0. The molecule has 0 amide bonds. The molecule has 0 aliphatic heterocycles. The van der Waals surface area contributed by atoms with Gasteiger partial charge in [-0.3, -0.25) is 14.7 Å². The Morgan fingerprint density at radius 3 is 2.42 bits per heavy atom. The molecule has 0 aliphatic rings. The summed E-state index contributed by atoms with van der Waals surface area (Å²) in [5.74, 6) is 1.06. The van der Waals surface area contributed by atoms with Gasteiger partial charge in [0.15, 0.2) is 5.43 Å². The lowest BCUT2D eigenvalue weighted by molar-refractivity contribution is 0.0650. The summed E-state index contributed by atoms with van der Waals surface area (Å²) in [6, 6.07) is 30.6. The number of nitrogens with zero attached hydrogens (tertiary/aromatic N) is 2. The predicted molar refractivity (Wildman–Crippen MR) is 158 cm³/mol. The lowest BCUT2D eigenvalue weighted by Crippen LogP contribution is -2.36. The van der Waals surface area contributed by atoms with Crippen molar-refractivity contribution in [1.29, 1.82) is 0 Å². The Balaban J connectivity index is 1.20. The van der Waals surface area contributed by atoms with Crippen molar-refractivity contribution in [3.05, 3.63) is 131 Å². The van der Waals surface area contributed by atoms with Crippen LogP contribution < -0.4 is 10.2 Å². The Hall–Kier alpha value is -4.26. The molecule has 2 aromatic heterocycles. The molecule has 2 heterocycles. The Labute approximate surface area is 234 Å². The SMILES string of the molecule is O=c1cc(-c2ccccc2)oc2cc(OCC(O)CN(CCCCc3cccnc3)Cc3ccccc3)ccc12. The second kappa shape index (κ2) is 13.7. The van der Waals surface area contributed by atoms with E-state index in [4.69, 9.17) is 9.15 Å². The minimum absolute atomic E-state index is 0.105. The van der Waals surface area contributed by atoms with Gasteiger partial charge in [0.2, 0.25) is 0 Å². The second-order valence-electron chi connectivity index (χ2n) is 10.0. The maximum atomic E-state index is 12.7. The Kier molecular flexibility index (Phi) is 9.35. The minimum atomic E-state index is -0.680. The lowest BCUT2D eigenvalue weighted by Gasteiger charge is -2.25. The number of benzene rings is 3. The van der Waals surface area contributed by atoms with Crippen LogP contribution in [0.5, 0.6) is 5.75 Å². The van der Waals surface area contributed by atoms with E-state index in [2.05, 4.69) is 28.1 Å². The molecular weight excluding hydrogens is 500 g/mol. The van der Waals surface area contributed by atoms with Crippen LogP contribution in [0, 0.1) is 0 Å². The smallest absolute Gasteiger partial charge is 0.193 e. The van der Waals surface area contributed by atoms with Crippen LogP contribution in [0.2, 0.25) is 0 Å². The van der Waals surface area contributed by atoms with E-state index in [-0.39, 0.29) is 12.0 Å². The number of rotatable bonds is 13. The van der Waals surface area contributed by atoms with E-state index in [1.807, 2.05) is 60.8 Å². The number of fused-ring (bicyclic) bond motifs is 1. The number of aromatic nitrogens is 1. The van der Waals surface area contributed by atoms with Crippen LogP contribution in [0.15, 0.2) is 119 Å². The van der Waals surface area contributed by atoms with Crippen LogP contribution in [0.25, 0.3) is 22.3 Å². The summed E-state index contributed by atoms with van der Waals surface area (Å²) in [6.07, 6.45) is 6.09. The van der Waals surface area contributed by atoms with Crippen molar-refractivity contribution < 1.29 is 14.3 Å². The molecule has 0 radical (unpaired) electrons. The van der Waals surface area contributed by atoms with Gasteiger partial charge in [-0.05, 0) is 55.1 Å². The van der Waals surface area contributed by atoms with Crippen molar-refractivity contribution in [2.24, 2.45) is 0 Å². The van der Waals surface area contributed by atoms with Crippen LogP contribution >= 0.6 is 0 Å². The predicted octanol–water partition coefficient (Wildman–Crippen LogP) is 6.12. The third-order valence-corrected chi connectivity index (χ3v) is 6.83. The molecular formula is C34H34N2O4. The van der Waals surface area contributed by atoms with E-state index in [0.717, 1.165) is 37.9 Å². The van der Waals surface area contributed by atoms with Crippen molar-refractivity contribution in [1.82, 2.24) is 9.88 Å².